The van der Waals surface area contributed by atoms with Crippen LogP contribution < -0.4 is 15.4 Å². The number of allylic oxidation sites excluding steroid dienone is 1. The molecule has 0 amide bonds. The molecule has 1 unspecified atom stereocenters. The number of nitrogens with zero attached hydrogens (tertiary/aromatic N) is 1. The monoisotopic (exact) mass is 395 g/mol. The lowest BCUT2D eigenvalue weighted by molar-refractivity contribution is -0.385. The summed E-state index contributed by atoms with van der Waals surface area (Å²) in [5.74, 6) is 0.0182. The van der Waals surface area contributed by atoms with Crippen LogP contribution in [0, 0.1) is 10.1 Å². The summed E-state index contributed by atoms with van der Waals surface area (Å²) in [4.78, 5) is 22.9. The Kier molecular flexibility index (Phi) is 4.71. The lowest BCUT2D eigenvalue weighted by Gasteiger charge is -2.29. The summed E-state index contributed by atoms with van der Waals surface area (Å²) in [6.07, 6.45) is 7.49. The zero-order valence-corrected chi connectivity index (χ0v) is 16.0. The number of hydrogen-bond acceptors (Lipinski definition) is 7. The van der Waals surface area contributed by atoms with E-state index in [9.17, 15) is 14.9 Å². The third-order valence-electron chi connectivity index (χ3n) is 5.24. The van der Waals surface area contributed by atoms with Gasteiger partial charge in [-0.15, -0.1) is 0 Å². The van der Waals surface area contributed by atoms with E-state index < -0.39 is 16.4 Å². The minimum Gasteiger partial charge on any atom is -0.478 e. The Labute approximate surface area is 167 Å². The predicted molar refractivity (Wildman–Crippen MR) is 107 cm³/mol. The molecule has 3 aliphatic rings. The average molecular weight is 395 g/mol. The van der Waals surface area contributed by atoms with Crippen molar-refractivity contribution in [3.05, 3.63) is 75.2 Å². The Morgan fingerprint density at radius 1 is 1.45 bits per heavy atom. The fraction of sp³-hybridized carbons (Fsp3) is 0.286. The highest BCUT2D eigenvalue weighted by atomic mass is 16.6. The number of carbonyl (C=O) groups excluding carboxylic acids is 1. The van der Waals surface area contributed by atoms with Crippen molar-refractivity contribution in [3.63, 3.8) is 0 Å². The highest BCUT2D eigenvalue weighted by Crippen LogP contribution is 2.41. The van der Waals surface area contributed by atoms with Gasteiger partial charge in [-0.25, -0.2) is 4.79 Å². The Morgan fingerprint density at radius 2 is 2.28 bits per heavy atom. The minimum atomic E-state index is -0.711. The van der Waals surface area contributed by atoms with Gasteiger partial charge in [-0.3, -0.25) is 15.4 Å². The molecule has 2 heterocycles. The van der Waals surface area contributed by atoms with Gasteiger partial charge in [-0.1, -0.05) is 36.9 Å². The van der Waals surface area contributed by atoms with E-state index in [0.29, 0.717) is 18.7 Å². The van der Waals surface area contributed by atoms with E-state index in [1.807, 2.05) is 6.08 Å². The van der Waals surface area contributed by atoms with Crippen molar-refractivity contribution in [1.29, 1.82) is 0 Å². The van der Waals surface area contributed by atoms with Crippen molar-refractivity contribution in [1.82, 2.24) is 10.6 Å². The molecule has 8 nitrogen and oxygen atoms in total. The van der Waals surface area contributed by atoms with Crippen LogP contribution in [0.4, 0.5) is 5.69 Å². The number of benzene rings is 1. The highest BCUT2D eigenvalue weighted by molar-refractivity contribution is 5.90. The smallest absolute Gasteiger partial charge is 0.338 e. The highest BCUT2D eigenvalue weighted by Gasteiger charge is 2.43. The first-order valence-electron chi connectivity index (χ1n) is 9.31. The standard InChI is InChI=1S/C21H21N3O5/c1-13(2)20(25)29-18-15(4-3-5-16(18)24(26)27)7-10-21-9-6-14-8-11-22-17(14)19(21)28-12-23-21/h3-7,10,22-23H,1,8-9,11-12H2,2H3. The van der Waals surface area contributed by atoms with E-state index in [2.05, 4.69) is 23.3 Å². The maximum atomic E-state index is 12.0. The Balaban J connectivity index is 1.73. The van der Waals surface area contributed by atoms with Crippen LogP contribution in [-0.4, -0.2) is 29.7 Å². The number of hydrogen-bond donors (Lipinski definition) is 2. The normalized spacial score (nSPS) is 22.4. The molecule has 2 aliphatic heterocycles. The van der Waals surface area contributed by atoms with Gasteiger partial charge in [0, 0.05) is 23.7 Å². The molecule has 1 atom stereocenters. The Morgan fingerprint density at radius 3 is 3.03 bits per heavy atom. The molecular formula is C21H21N3O5. The number of nitro groups is 1. The molecule has 150 valence electrons. The SMILES string of the molecule is C=C(C)C(=O)Oc1c(C=CC23CC=C4CCNC4=C2OCN3)cccc1[N+](=O)[O-]. The van der Waals surface area contributed by atoms with Crippen molar-refractivity contribution in [2.75, 3.05) is 13.3 Å². The van der Waals surface area contributed by atoms with Gasteiger partial charge in [0.25, 0.3) is 0 Å². The molecule has 2 N–H and O–H groups in total. The second-order valence-electron chi connectivity index (χ2n) is 7.21. The molecule has 2 saturated heterocycles. The molecule has 2 fully saturated rings. The van der Waals surface area contributed by atoms with Gasteiger partial charge in [0.15, 0.2) is 0 Å². The summed E-state index contributed by atoms with van der Waals surface area (Å²) in [6, 6.07) is 4.53. The number of nitrogens with one attached hydrogen (secondary N) is 2. The molecule has 1 aromatic rings. The molecule has 29 heavy (non-hydrogen) atoms. The maximum absolute atomic E-state index is 12.0. The second kappa shape index (κ2) is 7.21. The summed E-state index contributed by atoms with van der Waals surface area (Å²) < 4.78 is 11.2. The van der Waals surface area contributed by atoms with Gasteiger partial charge >= 0.3 is 11.7 Å². The largest absolute Gasteiger partial charge is 0.478 e. The molecule has 8 heteroatoms. The molecule has 1 aromatic carbocycles. The van der Waals surface area contributed by atoms with Gasteiger partial charge in [0.2, 0.25) is 5.75 Å². The van der Waals surface area contributed by atoms with Crippen molar-refractivity contribution in [3.8, 4) is 5.75 Å². The number of para-hydroxylation sites is 1. The van der Waals surface area contributed by atoms with Crippen LogP contribution in [0.5, 0.6) is 5.75 Å². The number of nitro benzene ring substituents is 1. The molecule has 0 saturated carbocycles. The fourth-order valence-electron chi connectivity index (χ4n) is 3.72. The van der Waals surface area contributed by atoms with Gasteiger partial charge in [0.1, 0.15) is 18.0 Å². The molecule has 0 spiro atoms. The minimum absolute atomic E-state index is 0.0997. The summed E-state index contributed by atoms with van der Waals surface area (Å²) >= 11 is 0. The van der Waals surface area contributed by atoms with Crippen molar-refractivity contribution in [2.45, 2.75) is 25.3 Å². The summed E-state index contributed by atoms with van der Waals surface area (Å²) in [5, 5.41) is 18.2. The first kappa shape index (κ1) is 18.9. The van der Waals surface area contributed by atoms with Crippen LogP contribution in [0.1, 0.15) is 25.3 Å². The summed E-state index contributed by atoms with van der Waals surface area (Å²) in [6.45, 7) is 6.28. The third-order valence-corrected chi connectivity index (χ3v) is 5.24. The van der Waals surface area contributed by atoms with Crippen LogP contribution in [0.25, 0.3) is 6.08 Å². The molecule has 4 rings (SSSR count). The zero-order chi connectivity index (χ0) is 20.6. The summed E-state index contributed by atoms with van der Waals surface area (Å²) in [7, 11) is 0. The lowest BCUT2D eigenvalue weighted by Crippen LogP contribution is -2.41. The predicted octanol–water partition coefficient (Wildman–Crippen LogP) is 2.94. The lowest BCUT2D eigenvalue weighted by atomic mass is 9.85. The van der Waals surface area contributed by atoms with Crippen molar-refractivity contribution in [2.24, 2.45) is 0 Å². The molecule has 0 bridgehead atoms. The quantitative estimate of drug-likeness (QED) is 0.260. The molecule has 0 radical (unpaired) electrons. The van der Waals surface area contributed by atoms with E-state index in [0.717, 1.165) is 24.4 Å². The van der Waals surface area contributed by atoms with E-state index in [-0.39, 0.29) is 17.0 Å². The third kappa shape index (κ3) is 3.31. The van der Waals surface area contributed by atoms with Gasteiger partial charge in [-0.2, -0.15) is 0 Å². The Hall–Kier alpha value is -3.39. The number of fused-ring (bicyclic) bond motifs is 2. The van der Waals surface area contributed by atoms with Gasteiger partial charge < -0.3 is 14.8 Å². The zero-order valence-electron chi connectivity index (χ0n) is 16.0. The average Bonchev–Trinajstić information content (AvgIpc) is 3.33. The number of ether oxygens (including phenoxy) is 2. The second-order valence-corrected chi connectivity index (χ2v) is 7.21. The first-order valence-corrected chi connectivity index (χ1v) is 9.31. The summed E-state index contributed by atoms with van der Waals surface area (Å²) in [5.41, 5.74) is 2.02. The van der Waals surface area contributed by atoms with E-state index >= 15 is 0 Å². The van der Waals surface area contributed by atoms with E-state index in [1.54, 1.807) is 18.2 Å². The Bertz CT molecular complexity index is 1010. The number of rotatable bonds is 5. The molecule has 1 aliphatic carbocycles. The topological polar surface area (TPSA) is 103 Å². The number of carbonyl (C=O) groups is 1. The maximum Gasteiger partial charge on any atom is 0.338 e. The molecule has 0 aromatic heterocycles. The van der Waals surface area contributed by atoms with Crippen molar-refractivity contribution >= 4 is 17.7 Å². The van der Waals surface area contributed by atoms with Crippen LogP contribution in [-0.2, 0) is 9.53 Å². The van der Waals surface area contributed by atoms with Crippen LogP contribution >= 0.6 is 0 Å². The van der Waals surface area contributed by atoms with Crippen LogP contribution in [0.2, 0.25) is 0 Å². The first-order chi connectivity index (χ1) is 13.9. The molecular weight excluding hydrogens is 374 g/mol. The van der Waals surface area contributed by atoms with Gasteiger partial charge in [-0.05, 0) is 25.3 Å². The van der Waals surface area contributed by atoms with E-state index in [1.165, 1.54) is 18.6 Å². The van der Waals surface area contributed by atoms with E-state index in [4.69, 9.17) is 9.47 Å². The van der Waals surface area contributed by atoms with Crippen LogP contribution in [0.3, 0.4) is 0 Å². The number of esters is 1. The van der Waals surface area contributed by atoms with Gasteiger partial charge in [0.05, 0.1) is 10.6 Å². The van der Waals surface area contributed by atoms with Crippen molar-refractivity contribution < 1.29 is 19.2 Å². The fourth-order valence-corrected chi connectivity index (χ4v) is 3.72. The van der Waals surface area contributed by atoms with Crippen LogP contribution in [0.15, 0.2) is 59.5 Å².